The fourth-order valence-corrected chi connectivity index (χ4v) is 2.07. The average Bonchev–Trinajstić information content (AvgIpc) is 2.95. The number of benzene rings is 1. The summed E-state index contributed by atoms with van der Waals surface area (Å²) in [5.74, 6) is 0.990. The smallest absolute Gasteiger partial charge is 0.129 e. The summed E-state index contributed by atoms with van der Waals surface area (Å²) in [6, 6.07) is 8.37. The number of nitrogens with one attached hydrogen (secondary N) is 1. The summed E-state index contributed by atoms with van der Waals surface area (Å²) in [7, 11) is 0. The van der Waals surface area contributed by atoms with Crippen LogP contribution >= 0.6 is 0 Å². The lowest BCUT2D eigenvalue weighted by Gasteiger charge is -2.15. The van der Waals surface area contributed by atoms with Crippen molar-refractivity contribution in [3.8, 4) is 11.5 Å². The number of phenolic OH excluding ortho intramolecular Hbond substituents is 2. The Morgan fingerprint density at radius 2 is 2.14 bits per heavy atom. The van der Waals surface area contributed by atoms with E-state index in [-0.39, 0.29) is 17.5 Å². The molecule has 0 aliphatic rings. The highest BCUT2D eigenvalue weighted by atomic mass is 16.5. The van der Waals surface area contributed by atoms with E-state index in [1.165, 1.54) is 6.07 Å². The molecule has 1 aromatic heterocycles. The summed E-state index contributed by atoms with van der Waals surface area (Å²) >= 11 is 0. The third kappa shape index (κ3) is 4.81. The van der Waals surface area contributed by atoms with Crippen LogP contribution in [0.25, 0.3) is 0 Å². The molecule has 3 N–H and O–H groups in total. The van der Waals surface area contributed by atoms with Gasteiger partial charge in [-0.25, -0.2) is 0 Å². The Bertz CT molecular complexity index is 539. The van der Waals surface area contributed by atoms with Crippen LogP contribution in [0.5, 0.6) is 11.5 Å². The van der Waals surface area contributed by atoms with Crippen molar-refractivity contribution in [2.45, 2.75) is 26.0 Å². The highest BCUT2D eigenvalue weighted by Gasteiger charge is 2.09. The van der Waals surface area contributed by atoms with Gasteiger partial charge in [0.15, 0.2) is 0 Å². The number of phenols is 2. The molecule has 0 saturated carbocycles. The number of furan rings is 1. The predicted molar refractivity (Wildman–Crippen MR) is 79.2 cm³/mol. The minimum Gasteiger partial charge on any atom is -0.508 e. The minimum absolute atomic E-state index is 0.00988. The number of hydrogen-bond acceptors (Lipinski definition) is 5. The van der Waals surface area contributed by atoms with Crippen LogP contribution < -0.4 is 5.32 Å². The largest absolute Gasteiger partial charge is 0.508 e. The summed E-state index contributed by atoms with van der Waals surface area (Å²) in [5, 5.41) is 22.3. The molecule has 1 aromatic carbocycles. The standard InChI is InChI=1S/C16H21NO4/c1-12(15-6-5-13(18)10-16(15)19)17-7-3-8-20-11-14-4-2-9-21-14/h2,4-6,9-10,12,17-19H,3,7-8,11H2,1H3. The van der Waals surface area contributed by atoms with Crippen LogP contribution in [0.4, 0.5) is 0 Å². The summed E-state index contributed by atoms with van der Waals surface area (Å²) in [6.07, 6.45) is 2.50. The summed E-state index contributed by atoms with van der Waals surface area (Å²) < 4.78 is 10.7. The molecule has 1 atom stereocenters. The molecule has 0 amide bonds. The fourth-order valence-electron chi connectivity index (χ4n) is 2.07. The van der Waals surface area contributed by atoms with Crippen molar-refractivity contribution in [3.63, 3.8) is 0 Å². The van der Waals surface area contributed by atoms with Crippen LogP contribution in [0.3, 0.4) is 0 Å². The maximum atomic E-state index is 9.77. The molecule has 2 aromatic rings. The Morgan fingerprint density at radius 3 is 2.86 bits per heavy atom. The Labute approximate surface area is 124 Å². The third-order valence-corrected chi connectivity index (χ3v) is 3.22. The number of ether oxygens (including phenoxy) is 1. The number of hydrogen-bond donors (Lipinski definition) is 3. The SMILES string of the molecule is CC(NCCCOCc1ccco1)c1ccc(O)cc1O. The molecule has 0 aliphatic carbocycles. The molecule has 1 heterocycles. The molecule has 0 spiro atoms. The number of aromatic hydroxyl groups is 2. The van der Waals surface area contributed by atoms with Crippen molar-refractivity contribution in [2.75, 3.05) is 13.2 Å². The van der Waals surface area contributed by atoms with Gasteiger partial charge in [-0.05, 0) is 38.1 Å². The predicted octanol–water partition coefficient (Wildman–Crippen LogP) is 2.95. The second-order valence-corrected chi connectivity index (χ2v) is 4.90. The van der Waals surface area contributed by atoms with Crippen molar-refractivity contribution in [3.05, 3.63) is 47.9 Å². The maximum Gasteiger partial charge on any atom is 0.129 e. The molecule has 2 rings (SSSR count). The molecule has 0 fully saturated rings. The van der Waals surface area contributed by atoms with Gasteiger partial charge in [0.2, 0.25) is 0 Å². The van der Waals surface area contributed by atoms with E-state index in [4.69, 9.17) is 9.15 Å². The van der Waals surface area contributed by atoms with E-state index in [9.17, 15) is 10.2 Å². The Hall–Kier alpha value is -1.98. The first-order valence-electron chi connectivity index (χ1n) is 7.02. The van der Waals surface area contributed by atoms with E-state index >= 15 is 0 Å². The molecule has 1 unspecified atom stereocenters. The lowest BCUT2D eigenvalue weighted by molar-refractivity contribution is 0.103. The van der Waals surface area contributed by atoms with Crippen LogP contribution in [0.1, 0.15) is 30.7 Å². The highest BCUT2D eigenvalue weighted by Crippen LogP contribution is 2.27. The van der Waals surface area contributed by atoms with Crippen LogP contribution in [0.2, 0.25) is 0 Å². The van der Waals surface area contributed by atoms with Crippen LogP contribution in [-0.4, -0.2) is 23.4 Å². The molecule has 0 bridgehead atoms. The molecule has 21 heavy (non-hydrogen) atoms. The van der Waals surface area contributed by atoms with Gasteiger partial charge < -0.3 is 24.7 Å². The molecule has 0 radical (unpaired) electrons. The molecule has 5 heteroatoms. The van der Waals surface area contributed by atoms with Gasteiger partial charge in [-0.2, -0.15) is 0 Å². The zero-order valence-corrected chi connectivity index (χ0v) is 12.1. The van der Waals surface area contributed by atoms with Crippen molar-refractivity contribution in [2.24, 2.45) is 0 Å². The Balaban J connectivity index is 1.63. The van der Waals surface area contributed by atoms with E-state index in [0.29, 0.717) is 13.2 Å². The normalized spacial score (nSPS) is 12.4. The first kappa shape index (κ1) is 15.4. The molecule has 114 valence electrons. The van der Waals surface area contributed by atoms with Gasteiger partial charge >= 0.3 is 0 Å². The summed E-state index contributed by atoms with van der Waals surface area (Å²) in [5.41, 5.74) is 0.768. The molecule has 0 saturated heterocycles. The first-order chi connectivity index (χ1) is 10.2. The van der Waals surface area contributed by atoms with Gasteiger partial charge in [0, 0.05) is 24.3 Å². The topological polar surface area (TPSA) is 74.9 Å². The van der Waals surface area contributed by atoms with E-state index < -0.39 is 0 Å². The summed E-state index contributed by atoms with van der Waals surface area (Å²) in [6.45, 7) is 3.87. The molecule has 5 nitrogen and oxygen atoms in total. The third-order valence-electron chi connectivity index (χ3n) is 3.22. The lowest BCUT2D eigenvalue weighted by Crippen LogP contribution is -2.21. The van der Waals surface area contributed by atoms with Crippen molar-refractivity contribution in [1.82, 2.24) is 5.32 Å². The molecular formula is C16H21NO4. The van der Waals surface area contributed by atoms with Crippen molar-refractivity contribution >= 4 is 0 Å². The average molecular weight is 291 g/mol. The van der Waals surface area contributed by atoms with E-state index in [1.54, 1.807) is 18.4 Å². The van der Waals surface area contributed by atoms with Crippen LogP contribution in [0.15, 0.2) is 41.0 Å². The van der Waals surface area contributed by atoms with E-state index in [2.05, 4.69) is 5.32 Å². The first-order valence-corrected chi connectivity index (χ1v) is 7.02. The molecule has 0 aliphatic heterocycles. The second-order valence-electron chi connectivity index (χ2n) is 4.90. The van der Waals surface area contributed by atoms with Gasteiger partial charge in [0.05, 0.1) is 6.26 Å². The van der Waals surface area contributed by atoms with Gasteiger partial charge in [-0.15, -0.1) is 0 Å². The lowest BCUT2D eigenvalue weighted by atomic mass is 10.1. The van der Waals surface area contributed by atoms with E-state index in [1.807, 2.05) is 19.1 Å². The van der Waals surface area contributed by atoms with Crippen LogP contribution in [-0.2, 0) is 11.3 Å². The zero-order valence-electron chi connectivity index (χ0n) is 12.1. The monoisotopic (exact) mass is 291 g/mol. The van der Waals surface area contributed by atoms with Crippen LogP contribution in [0, 0.1) is 0 Å². The second kappa shape index (κ2) is 7.71. The number of rotatable bonds is 8. The van der Waals surface area contributed by atoms with E-state index in [0.717, 1.165) is 24.3 Å². The minimum atomic E-state index is 0.00988. The quantitative estimate of drug-likeness (QED) is 0.652. The van der Waals surface area contributed by atoms with Gasteiger partial charge in [0.25, 0.3) is 0 Å². The molecular weight excluding hydrogens is 270 g/mol. The highest BCUT2D eigenvalue weighted by molar-refractivity contribution is 5.40. The Kier molecular flexibility index (Phi) is 5.66. The summed E-state index contributed by atoms with van der Waals surface area (Å²) in [4.78, 5) is 0. The van der Waals surface area contributed by atoms with Gasteiger partial charge in [0.1, 0.15) is 23.9 Å². The van der Waals surface area contributed by atoms with Crippen molar-refractivity contribution < 1.29 is 19.4 Å². The fraction of sp³-hybridized carbons (Fsp3) is 0.375. The Morgan fingerprint density at radius 1 is 1.29 bits per heavy atom. The van der Waals surface area contributed by atoms with Crippen molar-refractivity contribution in [1.29, 1.82) is 0 Å². The van der Waals surface area contributed by atoms with Gasteiger partial charge in [-0.1, -0.05) is 6.07 Å². The zero-order chi connectivity index (χ0) is 15.1. The maximum absolute atomic E-state index is 9.77. The van der Waals surface area contributed by atoms with Gasteiger partial charge in [-0.3, -0.25) is 0 Å².